The third kappa shape index (κ3) is 2.18. The van der Waals surface area contributed by atoms with Gasteiger partial charge in [0.15, 0.2) is 5.82 Å². The fourth-order valence-electron chi connectivity index (χ4n) is 2.16. The van der Waals surface area contributed by atoms with Crippen LogP contribution in [0.25, 0.3) is 20.7 Å². The fourth-order valence-corrected chi connectivity index (χ4v) is 3.95. The third-order valence-corrected chi connectivity index (χ3v) is 4.84. The van der Waals surface area contributed by atoms with E-state index in [4.69, 9.17) is 5.73 Å². The first-order valence-electron chi connectivity index (χ1n) is 6.21. The summed E-state index contributed by atoms with van der Waals surface area (Å²) in [6.07, 6.45) is 3.12. The summed E-state index contributed by atoms with van der Waals surface area (Å²) in [6, 6.07) is 4.11. The van der Waals surface area contributed by atoms with E-state index in [1.807, 2.05) is 6.07 Å². The zero-order valence-electron chi connectivity index (χ0n) is 10.8. The van der Waals surface area contributed by atoms with Gasteiger partial charge in [0.2, 0.25) is 0 Å². The Bertz CT molecular complexity index is 879. The second-order valence-corrected chi connectivity index (χ2v) is 6.23. The topological polar surface area (TPSA) is 82.5 Å². The van der Waals surface area contributed by atoms with Crippen molar-refractivity contribution in [2.24, 2.45) is 0 Å². The Morgan fingerprint density at radius 1 is 1.24 bits per heavy atom. The summed E-state index contributed by atoms with van der Waals surface area (Å²) in [5, 5.41) is 9.13. The van der Waals surface area contributed by atoms with Crippen molar-refractivity contribution in [1.29, 1.82) is 0 Å². The van der Waals surface area contributed by atoms with Crippen LogP contribution in [0.15, 0.2) is 35.5 Å². The largest absolute Gasteiger partial charge is 0.383 e. The molecule has 0 radical (unpaired) electrons. The first-order valence-corrected chi connectivity index (χ1v) is 7.97. The molecule has 0 aliphatic heterocycles. The summed E-state index contributed by atoms with van der Waals surface area (Å²) in [5.74, 6) is 1.16. The number of anilines is 1. The molecule has 0 atom stereocenters. The average molecular weight is 314 g/mol. The van der Waals surface area contributed by atoms with Gasteiger partial charge in [0.1, 0.15) is 29.8 Å². The standard InChI is InChI=1S/C13H10N6S2/c14-12-11-8(9-2-1-3-20-9)5-21-13(11)18-10(17-12)4-19-7-15-6-16-19/h1-3,5-7H,4H2,(H2,14,17,18). The number of aromatic nitrogens is 5. The van der Waals surface area contributed by atoms with Crippen LogP contribution in [0.2, 0.25) is 0 Å². The normalized spacial score (nSPS) is 11.2. The monoisotopic (exact) mass is 314 g/mol. The van der Waals surface area contributed by atoms with Gasteiger partial charge in [-0.1, -0.05) is 6.07 Å². The Labute approximate surface area is 127 Å². The van der Waals surface area contributed by atoms with E-state index < -0.39 is 0 Å². The summed E-state index contributed by atoms with van der Waals surface area (Å²) in [5.41, 5.74) is 7.26. The van der Waals surface area contributed by atoms with Crippen molar-refractivity contribution < 1.29 is 0 Å². The maximum absolute atomic E-state index is 6.15. The van der Waals surface area contributed by atoms with Gasteiger partial charge in [-0.25, -0.2) is 19.6 Å². The van der Waals surface area contributed by atoms with Gasteiger partial charge in [0.05, 0.1) is 5.39 Å². The molecule has 0 aromatic carbocycles. The Morgan fingerprint density at radius 2 is 2.19 bits per heavy atom. The SMILES string of the molecule is Nc1nc(Cn2cncn2)nc2scc(-c3cccs3)c12. The molecular formula is C13H10N6S2. The highest BCUT2D eigenvalue weighted by Gasteiger charge is 2.14. The van der Waals surface area contributed by atoms with Crippen molar-refractivity contribution >= 4 is 38.7 Å². The molecule has 2 N–H and O–H groups in total. The molecule has 0 saturated heterocycles. The van der Waals surface area contributed by atoms with E-state index in [1.54, 1.807) is 33.7 Å². The molecule has 4 aromatic rings. The van der Waals surface area contributed by atoms with E-state index in [0.717, 1.165) is 15.8 Å². The molecule has 21 heavy (non-hydrogen) atoms. The third-order valence-electron chi connectivity index (χ3n) is 3.06. The number of fused-ring (bicyclic) bond motifs is 1. The van der Waals surface area contributed by atoms with Gasteiger partial charge < -0.3 is 5.73 Å². The second kappa shape index (κ2) is 4.90. The molecule has 0 unspecified atom stereocenters. The lowest BCUT2D eigenvalue weighted by molar-refractivity contribution is 0.657. The average Bonchev–Trinajstić information content (AvgIpc) is 3.19. The Morgan fingerprint density at radius 3 is 2.95 bits per heavy atom. The van der Waals surface area contributed by atoms with E-state index in [0.29, 0.717) is 18.2 Å². The van der Waals surface area contributed by atoms with Crippen LogP contribution in [-0.4, -0.2) is 24.7 Å². The Balaban J connectivity index is 1.81. The van der Waals surface area contributed by atoms with Crippen LogP contribution in [0.4, 0.5) is 5.82 Å². The molecule has 8 heteroatoms. The zero-order chi connectivity index (χ0) is 14.2. The van der Waals surface area contributed by atoms with Crippen LogP contribution >= 0.6 is 22.7 Å². The summed E-state index contributed by atoms with van der Waals surface area (Å²) in [6.45, 7) is 0.465. The highest BCUT2D eigenvalue weighted by molar-refractivity contribution is 7.18. The van der Waals surface area contributed by atoms with Crippen LogP contribution in [0.3, 0.4) is 0 Å². The van der Waals surface area contributed by atoms with E-state index in [9.17, 15) is 0 Å². The Kier molecular flexibility index (Phi) is 2.90. The number of nitrogen functional groups attached to an aromatic ring is 1. The van der Waals surface area contributed by atoms with Crippen molar-refractivity contribution in [2.45, 2.75) is 6.54 Å². The molecule has 0 bridgehead atoms. The highest BCUT2D eigenvalue weighted by atomic mass is 32.1. The maximum Gasteiger partial charge on any atom is 0.153 e. The summed E-state index contributed by atoms with van der Waals surface area (Å²) in [7, 11) is 0. The lowest BCUT2D eigenvalue weighted by Crippen LogP contribution is -2.06. The second-order valence-electron chi connectivity index (χ2n) is 4.42. The summed E-state index contributed by atoms with van der Waals surface area (Å²) >= 11 is 3.27. The van der Waals surface area contributed by atoms with Crippen molar-refractivity contribution in [3.8, 4) is 10.4 Å². The van der Waals surface area contributed by atoms with E-state index in [2.05, 4.69) is 36.9 Å². The minimum atomic E-state index is 0.465. The number of hydrogen-bond donors (Lipinski definition) is 1. The predicted octanol–water partition coefficient (Wildman–Crippen LogP) is 2.64. The van der Waals surface area contributed by atoms with Crippen molar-refractivity contribution in [3.05, 3.63) is 41.4 Å². The number of rotatable bonds is 3. The molecule has 4 rings (SSSR count). The zero-order valence-corrected chi connectivity index (χ0v) is 12.4. The van der Waals surface area contributed by atoms with Crippen LogP contribution in [0.1, 0.15) is 5.82 Å². The Hall–Kier alpha value is -2.32. The molecule has 4 heterocycles. The smallest absolute Gasteiger partial charge is 0.153 e. The van der Waals surface area contributed by atoms with E-state index >= 15 is 0 Å². The van der Waals surface area contributed by atoms with Crippen LogP contribution < -0.4 is 5.73 Å². The van der Waals surface area contributed by atoms with Crippen molar-refractivity contribution in [2.75, 3.05) is 5.73 Å². The predicted molar refractivity (Wildman–Crippen MR) is 84.3 cm³/mol. The van der Waals surface area contributed by atoms with Gasteiger partial charge in [0.25, 0.3) is 0 Å². The molecule has 0 amide bonds. The molecule has 104 valence electrons. The van der Waals surface area contributed by atoms with Gasteiger partial charge >= 0.3 is 0 Å². The fraction of sp³-hybridized carbons (Fsp3) is 0.0769. The van der Waals surface area contributed by atoms with Gasteiger partial charge in [-0.2, -0.15) is 5.10 Å². The lowest BCUT2D eigenvalue weighted by atomic mass is 10.2. The van der Waals surface area contributed by atoms with Gasteiger partial charge in [-0.3, -0.25) is 0 Å². The van der Waals surface area contributed by atoms with Crippen LogP contribution in [-0.2, 0) is 6.54 Å². The first kappa shape index (κ1) is 12.4. The molecular weight excluding hydrogens is 304 g/mol. The van der Waals surface area contributed by atoms with E-state index in [-0.39, 0.29) is 0 Å². The molecule has 0 aliphatic carbocycles. The highest BCUT2D eigenvalue weighted by Crippen LogP contribution is 2.37. The number of hydrogen-bond acceptors (Lipinski definition) is 7. The minimum Gasteiger partial charge on any atom is -0.383 e. The lowest BCUT2D eigenvalue weighted by Gasteiger charge is -2.04. The van der Waals surface area contributed by atoms with Gasteiger partial charge in [-0.05, 0) is 11.4 Å². The summed E-state index contributed by atoms with van der Waals surface area (Å²) in [4.78, 5) is 15.0. The molecule has 0 aliphatic rings. The minimum absolute atomic E-state index is 0.465. The van der Waals surface area contributed by atoms with Crippen molar-refractivity contribution in [1.82, 2.24) is 24.7 Å². The maximum atomic E-state index is 6.15. The molecule has 0 saturated carbocycles. The van der Waals surface area contributed by atoms with E-state index in [1.165, 1.54) is 11.2 Å². The van der Waals surface area contributed by atoms with Crippen molar-refractivity contribution in [3.63, 3.8) is 0 Å². The first-order chi connectivity index (χ1) is 10.3. The number of nitrogens with zero attached hydrogens (tertiary/aromatic N) is 5. The summed E-state index contributed by atoms with van der Waals surface area (Å²) < 4.78 is 1.67. The van der Waals surface area contributed by atoms with Gasteiger partial charge in [0, 0.05) is 15.8 Å². The van der Waals surface area contributed by atoms with Crippen LogP contribution in [0, 0.1) is 0 Å². The number of thiophene rings is 2. The van der Waals surface area contributed by atoms with Crippen LogP contribution in [0.5, 0.6) is 0 Å². The quantitative estimate of drug-likeness (QED) is 0.628. The molecule has 4 aromatic heterocycles. The van der Waals surface area contributed by atoms with Gasteiger partial charge in [-0.15, -0.1) is 22.7 Å². The number of nitrogens with two attached hydrogens (primary N) is 1. The molecule has 0 fully saturated rings. The molecule has 0 spiro atoms. The molecule has 6 nitrogen and oxygen atoms in total.